The summed E-state index contributed by atoms with van der Waals surface area (Å²) in [7, 11) is 4.02. The quantitative estimate of drug-likeness (QED) is 0.290. The fraction of sp³-hybridized carbons (Fsp3) is 0.217. The average Bonchev–Trinajstić information content (AvgIpc) is 3.45. The maximum atomic E-state index is 12.5. The van der Waals surface area contributed by atoms with E-state index in [4.69, 9.17) is 0 Å². The number of rotatable bonds is 8. The molecule has 1 amide bonds. The summed E-state index contributed by atoms with van der Waals surface area (Å²) in [4.78, 5) is 19.1. The molecule has 0 aliphatic heterocycles. The van der Waals surface area contributed by atoms with E-state index in [-0.39, 0.29) is 11.7 Å². The number of benzene rings is 2. The molecule has 2 aromatic heterocycles. The third kappa shape index (κ3) is 5.63. The normalized spacial score (nSPS) is 10.9. The summed E-state index contributed by atoms with van der Waals surface area (Å²) < 4.78 is 3.04. The highest BCUT2D eigenvalue weighted by atomic mass is 79.9. The van der Waals surface area contributed by atoms with Gasteiger partial charge in [-0.15, -0.1) is 21.5 Å². The Hall–Kier alpha value is -2.69. The van der Waals surface area contributed by atoms with Crippen LogP contribution in [0, 0.1) is 0 Å². The van der Waals surface area contributed by atoms with Crippen molar-refractivity contribution in [2.24, 2.45) is 0 Å². The van der Waals surface area contributed by atoms with Crippen LogP contribution in [0.5, 0.6) is 0 Å². The number of anilines is 2. The molecule has 0 unspecified atom stereocenters. The first kappa shape index (κ1) is 23.5. The summed E-state index contributed by atoms with van der Waals surface area (Å²) in [5.41, 5.74) is 3.94. The minimum atomic E-state index is -0.126. The number of thioether (sulfide) groups is 1. The van der Waals surface area contributed by atoms with E-state index in [1.165, 1.54) is 23.1 Å². The van der Waals surface area contributed by atoms with Gasteiger partial charge in [-0.1, -0.05) is 52.0 Å². The number of amides is 1. The number of halogens is 1. The zero-order chi connectivity index (χ0) is 23.4. The van der Waals surface area contributed by atoms with Gasteiger partial charge in [0.1, 0.15) is 0 Å². The van der Waals surface area contributed by atoms with Crippen LogP contribution >= 0.6 is 39.0 Å². The average molecular weight is 544 g/mol. The number of thiazole rings is 1. The second-order valence-electron chi connectivity index (χ2n) is 7.38. The highest BCUT2D eigenvalue weighted by Gasteiger charge is 2.16. The van der Waals surface area contributed by atoms with Crippen molar-refractivity contribution in [2.45, 2.75) is 18.6 Å². The standard InChI is InChI=1S/C23H23BrN6OS2/c1-4-30-21(16-6-5-7-18(12-16)29(2)3)27-28-23(30)33-14-20(31)26-22-25-19(13-32-22)15-8-10-17(24)11-9-15/h5-13H,4,14H2,1-3H3,(H,25,26,31). The van der Waals surface area contributed by atoms with Crippen molar-refractivity contribution in [1.82, 2.24) is 19.7 Å². The summed E-state index contributed by atoms with van der Waals surface area (Å²) in [5.74, 6) is 0.893. The lowest BCUT2D eigenvalue weighted by Gasteiger charge is -2.14. The van der Waals surface area contributed by atoms with Gasteiger partial charge in [-0.2, -0.15) is 0 Å². The molecule has 0 aliphatic carbocycles. The molecular weight excluding hydrogens is 520 g/mol. The lowest BCUT2D eigenvalue weighted by atomic mass is 10.2. The van der Waals surface area contributed by atoms with Crippen molar-refractivity contribution in [1.29, 1.82) is 0 Å². The Kier molecular flexibility index (Phi) is 7.46. The summed E-state index contributed by atoms with van der Waals surface area (Å²) in [6.45, 7) is 2.76. The third-order valence-corrected chi connectivity index (χ3v) is 7.13. The Morgan fingerprint density at radius 1 is 1.15 bits per heavy atom. The van der Waals surface area contributed by atoms with E-state index < -0.39 is 0 Å². The lowest BCUT2D eigenvalue weighted by molar-refractivity contribution is -0.113. The van der Waals surface area contributed by atoms with Crippen LogP contribution in [0.15, 0.2) is 63.5 Å². The number of hydrogen-bond donors (Lipinski definition) is 1. The van der Waals surface area contributed by atoms with E-state index in [9.17, 15) is 4.79 Å². The lowest BCUT2D eigenvalue weighted by Crippen LogP contribution is -2.14. The van der Waals surface area contributed by atoms with Crippen LogP contribution < -0.4 is 10.2 Å². The minimum Gasteiger partial charge on any atom is -0.378 e. The van der Waals surface area contributed by atoms with Crippen molar-refractivity contribution >= 4 is 55.8 Å². The number of nitrogens with one attached hydrogen (secondary N) is 1. The molecule has 2 aromatic carbocycles. The molecule has 0 radical (unpaired) electrons. The topological polar surface area (TPSA) is 75.9 Å². The van der Waals surface area contributed by atoms with Gasteiger partial charge in [-0.05, 0) is 31.2 Å². The van der Waals surface area contributed by atoms with E-state index in [0.717, 1.165) is 32.8 Å². The van der Waals surface area contributed by atoms with Gasteiger partial charge in [-0.3, -0.25) is 4.79 Å². The smallest absolute Gasteiger partial charge is 0.236 e. The largest absolute Gasteiger partial charge is 0.378 e. The SMILES string of the molecule is CCn1c(SCC(=O)Nc2nc(-c3ccc(Br)cc3)cs2)nnc1-c1cccc(N(C)C)c1. The maximum absolute atomic E-state index is 12.5. The fourth-order valence-electron chi connectivity index (χ4n) is 3.19. The summed E-state index contributed by atoms with van der Waals surface area (Å²) in [6, 6.07) is 16.1. The van der Waals surface area contributed by atoms with Gasteiger partial charge in [0, 0.05) is 47.3 Å². The van der Waals surface area contributed by atoms with E-state index in [0.29, 0.717) is 16.8 Å². The van der Waals surface area contributed by atoms with Gasteiger partial charge in [0.2, 0.25) is 5.91 Å². The molecule has 0 fully saturated rings. The van der Waals surface area contributed by atoms with Gasteiger partial charge in [0.25, 0.3) is 0 Å². The maximum Gasteiger partial charge on any atom is 0.236 e. The van der Waals surface area contributed by atoms with Crippen LogP contribution in [0.3, 0.4) is 0 Å². The fourth-order valence-corrected chi connectivity index (χ4v) is 4.99. The second-order valence-corrected chi connectivity index (χ2v) is 10.1. The highest BCUT2D eigenvalue weighted by molar-refractivity contribution is 9.10. The zero-order valence-corrected chi connectivity index (χ0v) is 21.7. The van der Waals surface area contributed by atoms with Crippen molar-refractivity contribution < 1.29 is 4.79 Å². The molecule has 1 N–H and O–H groups in total. The predicted molar refractivity (Wildman–Crippen MR) is 140 cm³/mol. The summed E-state index contributed by atoms with van der Waals surface area (Å²) in [6.07, 6.45) is 0. The van der Waals surface area contributed by atoms with Crippen LogP contribution in [0.25, 0.3) is 22.6 Å². The first-order chi connectivity index (χ1) is 15.9. The molecule has 0 aliphatic rings. The highest BCUT2D eigenvalue weighted by Crippen LogP contribution is 2.28. The molecule has 2 heterocycles. The monoisotopic (exact) mass is 542 g/mol. The molecule has 0 atom stereocenters. The van der Waals surface area contributed by atoms with Crippen LogP contribution in [0.1, 0.15) is 6.92 Å². The van der Waals surface area contributed by atoms with E-state index in [1.807, 2.05) is 67.4 Å². The Morgan fingerprint density at radius 2 is 1.94 bits per heavy atom. The van der Waals surface area contributed by atoms with Gasteiger partial charge in [-0.25, -0.2) is 4.98 Å². The van der Waals surface area contributed by atoms with Crippen molar-refractivity contribution in [2.75, 3.05) is 30.1 Å². The Morgan fingerprint density at radius 3 is 2.67 bits per heavy atom. The van der Waals surface area contributed by atoms with Crippen molar-refractivity contribution in [3.63, 3.8) is 0 Å². The predicted octanol–water partition coefficient (Wildman–Crippen LogP) is 5.65. The summed E-state index contributed by atoms with van der Waals surface area (Å²) >= 11 is 6.21. The Balaban J connectivity index is 1.41. The molecule has 4 aromatic rings. The number of carbonyl (C=O) groups excluding carboxylic acids is 1. The van der Waals surface area contributed by atoms with Gasteiger partial charge in [0.05, 0.1) is 11.4 Å². The van der Waals surface area contributed by atoms with E-state index in [2.05, 4.69) is 53.5 Å². The second kappa shape index (κ2) is 10.5. The molecule has 0 bridgehead atoms. The molecule has 0 saturated heterocycles. The van der Waals surface area contributed by atoms with Gasteiger partial charge in [0.15, 0.2) is 16.1 Å². The Bertz CT molecular complexity index is 1250. The molecule has 10 heteroatoms. The van der Waals surface area contributed by atoms with E-state index in [1.54, 1.807) is 0 Å². The van der Waals surface area contributed by atoms with Gasteiger partial charge >= 0.3 is 0 Å². The summed E-state index contributed by atoms with van der Waals surface area (Å²) in [5, 5.41) is 14.8. The third-order valence-electron chi connectivity index (χ3n) is 4.88. The van der Waals surface area contributed by atoms with Crippen molar-refractivity contribution in [3.05, 3.63) is 58.4 Å². The number of aromatic nitrogens is 4. The van der Waals surface area contributed by atoms with Crippen LogP contribution in [0.2, 0.25) is 0 Å². The zero-order valence-electron chi connectivity index (χ0n) is 18.4. The number of hydrogen-bond acceptors (Lipinski definition) is 7. The molecule has 0 saturated carbocycles. The molecular formula is C23H23BrN6OS2. The number of nitrogens with zero attached hydrogens (tertiary/aromatic N) is 5. The number of carbonyl (C=O) groups is 1. The minimum absolute atomic E-state index is 0.126. The molecule has 7 nitrogen and oxygen atoms in total. The molecule has 0 spiro atoms. The molecule has 33 heavy (non-hydrogen) atoms. The van der Waals surface area contributed by atoms with Crippen LogP contribution in [0.4, 0.5) is 10.8 Å². The van der Waals surface area contributed by atoms with Gasteiger partial charge < -0.3 is 14.8 Å². The molecule has 4 rings (SSSR count). The van der Waals surface area contributed by atoms with Crippen molar-refractivity contribution in [3.8, 4) is 22.6 Å². The first-order valence-electron chi connectivity index (χ1n) is 10.3. The molecule has 170 valence electrons. The van der Waals surface area contributed by atoms with Crippen LogP contribution in [-0.4, -0.2) is 45.5 Å². The van der Waals surface area contributed by atoms with Crippen LogP contribution in [-0.2, 0) is 11.3 Å². The van der Waals surface area contributed by atoms with E-state index >= 15 is 0 Å². The first-order valence-corrected chi connectivity index (χ1v) is 13.0. The Labute approximate surface area is 209 Å².